The Morgan fingerprint density at radius 3 is 2.09 bits per heavy atom. The number of carbonyl (C=O) groups excluding carboxylic acids is 2. The van der Waals surface area contributed by atoms with Crippen molar-refractivity contribution in [2.45, 2.75) is 12.5 Å². The number of hydrogen-bond donors (Lipinski definition) is 4. The topological polar surface area (TPSA) is 146 Å². The molecule has 11 heteroatoms. The molecule has 2 aromatic carbocycles. The molecule has 0 unspecified atom stereocenters. The van der Waals surface area contributed by atoms with Crippen LogP contribution in [-0.2, 0) is 11.2 Å². The molecule has 3 aromatic rings. The van der Waals surface area contributed by atoms with Crippen LogP contribution in [0.15, 0.2) is 60.9 Å². The highest BCUT2D eigenvalue weighted by atomic mass is 35.5. The molecular formula is C23H17Cl2N3O6. The predicted octanol–water partition coefficient (Wildman–Crippen LogP) is 3.76. The molecule has 4 N–H and O–H groups in total. The van der Waals surface area contributed by atoms with Gasteiger partial charge in [-0.3, -0.25) is 14.6 Å². The van der Waals surface area contributed by atoms with E-state index in [9.17, 15) is 24.3 Å². The molecule has 0 radical (unpaired) electrons. The van der Waals surface area contributed by atoms with E-state index in [0.717, 1.165) is 18.5 Å². The molecule has 2 amide bonds. The number of amides is 2. The maximum absolute atomic E-state index is 12.5. The number of carboxylic acid groups (broad SMARTS) is 2. The maximum Gasteiger partial charge on any atom is 0.337 e. The van der Waals surface area contributed by atoms with E-state index in [-0.39, 0.29) is 33.2 Å². The second-order valence-electron chi connectivity index (χ2n) is 7.08. The lowest BCUT2D eigenvalue weighted by Crippen LogP contribution is -2.42. The molecule has 0 fully saturated rings. The number of aromatic nitrogens is 1. The fourth-order valence-electron chi connectivity index (χ4n) is 2.99. The van der Waals surface area contributed by atoms with Gasteiger partial charge in [0, 0.05) is 24.5 Å². The summed E-state index contributed by atoms with van der Waals surface area (Å²) in [7, 11) is 0. The molecule has 1 aromatic heterocycles. The van der Waals surface area contributed by atoms with E-state index < -0.39 is 29.8 Å². The van der Waals surface area contributed by atoms with Gasteiger partial charge in [-0.05, 0) is 35.9 Å². The van der Waals surface area contributed by atoms with Gasteiger partial charge in [-0.1, -0.05) is 41.4 Å². The van der Waals surface area contributed by atoms with E-state index in [1.165, 1.54) is 0 Å². The largest absolute Gasteiger partial charge is 0.480 e. The standard InChI is InChI=1S/C23H17Cl2N3O6/c24-16-2-1-3-17(25)19(16)21(30)27-15-6-4-12(5-7-15)8-18(23(33)34)28-20(29)13-9-14(22(31)32)11-26-10-13/h1-7,9-11,18H,8H2,(H,27,30)(H,28,29)(H,31,32)(H,33,34)/t18-/m0/s1. The summed E-state index contributed by atoms with van der Waals surface area (Å²) in [5.41, 5.74) is 0.846. The van der Waals surface area contributed by atoms with E-state index >= 15 is 0 Å². The van der Waals surface area contributed by atoms with Gasteiger partial charge >= 0.3 is 11.9 Å². The second-order valence-corrected chi connectivity index (χ2v) is 7.90. The number of halogens is 2. The van der Waals surface area contributed by atoms with Gasteiger partial charge in [0.2, 0.25) is 0 Å². The Hall–Kier alpha value is -3.95. The fraction of sp³-hybridized carbons (Fsp3) is 0.0870. The van der Waals surface area contributed by atoms with Gasteiger partial charge in [-0.15, -0.1) is 0 Å². The highest BCUT2D eigenvalue weighted by Gasteiger charge is 2.22. The lowest BCUT2D eigenvalue weighted by Gasteiger charge is -2.15. The fourth-order valence-corrected chi connectivity index (χ4v) is 3.56. The molecule has 1 heterocycles. The number of benzene rings is 2. The molecule has 1 atom stereocenters. The summed E-state index contributed by atoms with van der Waals surface area (Å²) in [6.45, 7) is 0. The van der Waals surface area contributed by atoms with Crippen molar-refractivity contribution in [1.29, 1.82) is 0 Å². The normalized spacial score (nSPS) is 11.4. The Morgan fingerprint density at radius 1 is 0.882 bits per heavy atom. The number of carboxylic acids is 2. The number of nitrogens with zero attached hydrogens (tertiary/aromatic N) is 1. The predicted molar refractivity (Wildman–Crippen MR) is 125 cm³/mol. The van der Waals surface area contributed by atoms with Crippen LogP contribution in [0.25, 0.3) is 0 Å². The van der Waals surface area contributed by atoms with Gasteiger partial charge in [0.15, 0.2) is 0 Å². The first-order chi connectivity index (χ1) is 16.2. The minimum atomic E-state index is -1.29. The minimum absolute atomic E-state index is 0.0578. The van der Waals surface area contributed by atoms with Crippen LogP contribution >= 0.6 is 23.2 Å². The molecular weight excluding hydrogens is 485 g/mol. The van der Waals surface area contributed by atoms with E-state index in [2.05, 4.69) is 15.6 Å². The first-order valence-electron chi connectivity index (χ1n) is 9.72. The Balaban J connectivity index is 1.68. The van der Waals surface area contributed by atoms with Crippen molar-refractivity contribution in [3.8, 4) is 0 Å². The van der Waals surface area contributed by atoms with Gasteiger partial charge in [-0.25, -0.2) is 9.59 Å². The van der Waals surface area contributed by atoms with E-state index in [0.29, 0.717) is 11.3 Å². The van der Waals surface area contributed by atoms with Crippen molar-refractivity contribution in [1.82, 2.24) is 10.3 Å². The van der Waals surface area contributed by atoms with Crippen LogP contribution < -0.4 is 10.6 Å². The van der Waals surface area contributed by atoms with Crippen molar-refractivity contribution in [3.05, 3.63) is 93.2 Å². The number of carbonyl (C=O) groups is 4. The van der Waals surface area contributed by atoms with Crippen molar-refractivity contribution < 1.29 is 29.4 Å². The van der Waals surface area contributed by atoms with Gasteiger partial charge < -0.3 is 20.8 Å². The molecule has 9 nitrogen and oxygen atoms in total. The summed E-state index contributed by atoms with van der Waals surface area (Å²) in [4.78, 5) is 51.3. The van der Waals surface area contributed by atoms with Crippen LogP contribution in [0.2, 0.25) is 10.0 Å². The molecule has 0 aliphatic rings. The molecule has 174 valence electrons. The van der Waals surface area contributed by atoms with Gasteiger partial charge in [-0.2, -0.15) is 0 Å². The summed E-state index contributed by atoms with van der Waals surface area (Å²) in [6.07, 6.45) is 2.16. The van der Waals surface area contributed by atoms with Crippen LogP contribution in [-0.4, -0.2) is 45.0 Å². The van der Waals surface area contributed by atoms with Crippen molar-refractivity contribution in [3.63, 3.8) is 0 Å². The van der Waals surface area contributed by atoms with Crippen LogP contribution in [0.3, 0.4) is 0 Å². The second kappa shape index (κ2) is 10.8. The van der Waals surface area contributed by atoms with E-state index in [1.54, 1.807) is 42.5 Å². The van der Waals surface area contributed by atoms with E-state index in [4.69, 9.17) is 28.3 Å². The Kier molecular flexibility index (Phi) is 7.83. The van der Waals surface area contributed by atoms with Crippen LogP contribution in [0.1, 0.15) is 36.6 Å². The third-order valence-corrected chi connectivity index (χ3v) is 5.32. The number of anilines is 1. The number of nitrogens with one attached hydrogen (secondary N) is 2. The Bertz CT molecular complexity index is 1240. The molecule has 0 spiro atoms. The number of pyridine rings is 1. The molecule has 34 heavy (non-hydrogen) atoms. The molecule has 0 aliphatic heterocycles. The number of rotatable bonds is 8. The zero-order valence-electron chi connectivity index (χ0n) is 17.3. The minimum Gasteiger partial charge on any atom is -0.480 e. The number of aliphatic carboxylic acids is 1. The molecule has 0 bridgehead atoms. The van der Waals surface area contributed by atoms with Crippen LogP contribution in [0.5, 0.6) is 0 Å². The van der Waals surface area contributed by atoms with Gasteiger partial charge in [0.05, 0.1) is 26.7 Å². The average molecular weight is 502 g/mol. The van der Waals surface area contributed by atoms with Crippen LogP contribution in [0.4, 0.5) is 5.69 Å². The molecule has 0 saturated carbocycles. The first-order valence-corrected chi connectivity index (χ1v) is 10.5. The summed E-state index contributed by atoms with van der Waals surface area (Å²) in [5, 5.41) is 24.0. The SMILES string of the molecule is O=C(O)c1cncc(C(=O)N[C@@H](Cc2ccc(NC(=O)c3c(Cl)cccc3Cl)cc2)C(=O)O)c1. The maximum atomic E-state index is 12.5. The third kappa shape index (κ3) is 6.09. The van der Waals surface area contributed by atoms with Crippen molar-refractivity contribution in [2.75, 3.05) is 5.32 Å². The number of hydrogen-bond acceptors (Lipinski definition) is 5. The van der Waals surface area contributed by atoms with Crippen molar-refractivity contribution >= 4 is 52.6 Å². The van der Waals surface area contributed by atoms with Gasteiger partial charge in [0.25, 0.3) is 11.8 Å². The average Bonchev–Trinajstić information content (AvgIpc) is 2.79. The Morgan fingerprint density at radius 2 is 1.50 bits per heavy atom. The first kappa shape index (κ1) is 24.7. The highest BCUT2D eigenvalue weighted by Crippen LogP contribution is 2.25. The lowest BCUT2D eigenvalue weighted by molar-refractivity contribution is -0.139. The van der Waals surface area contributed by atoms with Gasteiger partial charge in [0.1, 0.15) is 6.04 Å². The summed E-state index contributed by atoms with van der Waals surface area (Å²) >= 11 is 12.1. The number of aromatic carboxylic acids is 1. The monoisotopic (exact) mass is 501 g/mol. The van der Waals surface area contributed by atoms with Crippen LogP contribution in [0, 0.1) is 0 Å². The molecule has 0 aliphatic carbocycles. The quantitative estimate of drug-likeness (QED) is 0.367. The highest BCUT2D eigenvalue weighted by molar-refractivity contribution is 6.40. The molecule has 0 saturated heterocycles. The summed E-state index contributed by atoms with van der Waals surface area (Å²) in [6, 6.07) is 10.8. The molecule has 3 rings (SSSR count). The zero-order valence-corrected chi connectivity index (χ0v) is 18.8. The summed E-state index contributed by atoms with van der Waals surface area (Å²) in [5.74, 6) is -3.82. The van der Waals surface area contributed by atoms with Crippen molar-refractivity contribution in [2.24, 2.45) is 0 Å². The lowest BCUT2D eigenvalue weighted by atomic mass is 10.0. The third-order valence-electron chi connectivity index (χ3n) is 4.69. The smallest absolute Gasteiger partial charge is 0.337 e. The van der Waals surface area contributed by atoms with E-state index in [1.807, 2.05) is 0 Å². The Labute approximate surface area is 203 Å². The zero-order chi connectivity index (χ0) is 24.8. The summed E-state index contributed by atoms with van der Waals surface area (Å²) < 4.78 is 0.